The van der Waals surface area contributed by atoms with Crippen LogP contribution in [0.4, 0.5) is 0 Å². The molecular weight excluding hydrogens is 316 g/mol. The lowest BCUT2D eigenvalue weighted by Gasteiger charge is -2.22. The van der Waals surface area contributed by atoms with E-state index in [0.29, 0.717) is 31.7 Å². The fourth-order valence-corrected chi connectivity index (χ4v) is 2.54. The molecule has 2 amide bonds. The maximum Gasteiger partial charge on any atom is 0.274 e. The molecule has 0 aliphatic rings. The molecule has 6 heteroatoms. The second kappa shape index (κ2) is 13.3. The van der Waals surface area contributed by atoms with Crippen LogP contribution in [0.2, 0.25) is 0 Å². The Kier molecular flexibility index (Phi) is 11.2. The summed E-state index contributed by atoms with van der Waals surface area (Å²) < 4.78 is 0. The predicted octanol–water partition coefficient (Wildman–Crippen LogP) is 3.20. The number of carbonyl (C=O) groups is 2. The molecule has 25 heavy (non-hydrogen) atoms. The minimum Gasteiger partial charge on any atom is -0.356 e. The number of aromatic nitrogens is 2. The molecule has 1 heterocycles. The number of carbonyl (C=O) groups excluding carboxylic acids is 2. The Morgan fingerprint density at radius 1 is 1.00 bits per heavy atom. The molecule has 0 aromatic carbocycles. The van der Waals surface area contributed by atoms with Crippen LogP contribution in [-0.4, -0.2) is 46.3 Å². The van der Waals surface area contributed by atoms with Crippen LogP contribution in [0.5, 0.6) is 0 Å². The molecule has 0 fully saturated rings. The topological polar surface area (TPSA) is 75.2 Å². The molecule has 0 aliphatic heterocycles. The molecule has 6 nitrogen and oxygen atoms in total. The number of amides is 2. The molecule has 1 rings (SSSR count). The third-order valence-electron chi connectivity index (χ3n) is 4.06. The third-order valence-corrected chi connectivity index (χ3v) is 4.06. The second-order valence-electron chi connectivity index (χ2n) is 6.25. The zero-order valence-electron chi connectivity index (χ0n) is 15.7. The van der Waals surface area contributed by atoms with Crippen molar-refractivity contribution in [3.63, 3.8) is 0 Å². The van der Waals surface area contributed by atoms with Crippen LogP contribution in [0.1, 0.15) is 75.7 Å². The first kappa shape index (κ1) is 21.1. The van der Waals surface area contributed by atoms with Crippen molar-refractivity contribution in [3.05, 3.63) is 24.3 Å². The van der Waals surface area contributed by atoms with E-state index in [-0.39, 0.29) is 11.8 Å². The van der Waals surface area contributed by atoms with Gasteiger partial charge < -0.3 is 10.2 Å². The highest BCUT2D eigenvalue weighted by atomic mass is 16.2. The van der Waals surface area contributed by atoms with E-state index in [1.54, 1.807) is 11.1 Å². The molecule has 0 radical (unpaired) electrons. The fourth-order valence-electron chi connectivity index (χ4n) is 2.54. The Bertz CT molecular complexity index is 493. The van der Waals surface area contributed by atoms with Gasteiger partial charge >= 0.3 is 0 Å². The van der Waals surface area contributed by atoms with Gasteiger partial charge in [0.1, 0.15) is 5.69 Å². The average molecular weight is 348 g/mol. The molecule has 0 atom stereocenters. The van der Waals surface area contributed by atoms with E-state index in [9.17, 15) is 9.59 Å². The molecule has 0 spiro atoms. The van der Waals surface area contributed by atoms with Gasteiger partial charge in [-0.15, -0.1) is 0 Å². The van der Waals surface area contributed by atoms with E-state index in [1.165, 1.54) is 25.2 Å². The van der Waals surface area contributed by atoms with Crippen molar-refractivity contribution in [2.75, 3.05) is 19.6 Å². The van der Waals surface area contributed by atoms with Gasteiger partial charge in [-0.2, -0.15) is 0 Å². The quantitative estimate of drug-likeness (QED) is 0.556. The highest BCUT2D eigenvalue weighted by Crippen LogP contribution is 2.05. The monoisotopic (exact) mass is 348 g/mol. The summed E-state index contributed by atoms with van der Waals surface area (Å²) in [4.78, 5) is 34.3. The highest BCUT2D eigenvalue weighted by Gasteiger charge is 2.17. The minimum absolute atomic E-state index is 0.00364. The van der Waals surface area contributed by atoms with Gasteiger partial charge in [-0.05, 0) is 12.8 Å². The van der Waals surface area contributed by atoms with Crippen LogP contribution in [0.25, 0.3) is 0 Å². The Morgan fingerprint density at radius 3 is 2.44 bits per heavy atom. The normalized spacial score (nSPS) is 10.5. The lowest BCUT2D eigenvalue weighted by Crippen LogP contribution is -2.36. The third kappa shape index (κ3) is 9.17. The number of rotatable bonds is 13. The predicted molar refractivity (Wildman–Crippen MR) is 99.2 cm³/mol. The van der Waals surface area contributed by atoms with Crippen molar-refractivity contribution in [2.45, 2.75) is 65.2 Å². The van der Waals surface area contributed by atoms with Crippen molar-refractivity contribution >= 4 is 11.8 Å². The van der Waals surface area contributed by atoms with Crippen LogP contribution in [-0.2, 0) is 4.79 Å². The lowest BCUT2D eigenvalue weighted by molar-refractivity contribution is -0.121. The summed E-state index contributed by atoms with van der Waals surface area (Å²) in [6.45, 7) is 6.07. The number of unbranched alkanes of at least 4 members (excludes halogenated alkanes) is 5. The van der Waals surface area contributed by atoms with E-state index in [2.05, 4.69) is 29.1 Å². The SMILES string of the molecule is CCCCCCNC(=O)CCN(CCCCC)C(=O)c1cnccn1. The van der Waals surface area contributed by atoms with Crippen LogP contribution in [0, 0.1) is 0 Å². The van der Waals surface area contributed by atoms with E-state index >= 15 is 0 Å². The minimum atomic E-state index is -0.153. The van der Waals surface area contributed by atoms with Gasteiger partial charge in [0, 0.05) is 38.4 Å². The van der Waals surface area contributed by atoms with Gasteiger partial charge in [0.05, 0.1) is 6.20 Å². The Labute approximate surface area is 151 Å². The summed E-state index contributed by atoms with van der Waals surface area (Å²) in [6, 6.07) is 0. The van der Waals surface area contributed by atoms with Gasteiger partial charge in [0.2, 0.25) is 5.91 Å². The van der Waals surface area contributed by atoms with Crippen LogP contribution in [0.3, 0.4) is 0 Å². The molecule has 1 aromatic rings. The van der Waals surface area contributed by atoms with Gasteiger partial charge in [-0.25, -0.2) is 4.98 Å². The fraction of sp³-hybridized carbons (Fsp3) is 0.684. The van der Waals surface area contributed by atoms with E-state index in [1.807, 2.05) is 0 Å². The summed E-state index contributed by atoms with van der Waals surface area (Å²) in [5.41, 5.74) is 0.332. The number of nitrogens with zero attached hydrogens (tertiary/aromatic N) is 3. The van der Waals surface area contributed by atoms with Crippen LogP contribution < -0.4 is 5.32 Å². The van der Waals surface area contributed by atoms with Gasteiger partial charge in [-0.3, -0.25) is 14.6 Å². The number of hydrogen-bond acceptors (Lipinski definition) is 4. The largest absolute Gasteiger partial charge is 0.356 e. The first-order valence-electron chi connectivity index (χ1n) is 9.51. The molecule has 0 unspecified atom stereocenters. The van der Waals surface area contributed by atoms with E-state index in [4.69, 9.17) is 0 Å². The molecular formula is C19H32N4O2. The second-order valence-corrected chi connectivity index (χ2v) is 6.25. The number of hydrogen-bond donors (Lipinski definition) is 1. The maximum atomic E-state index is 12.6. The van der Waals surface area contributed by atoms with Crippen molar-refractivity contribution in [2.24, 2.45) is 0 Å². The van der Waals surface area contributed by atoms with Crippen molar-refractivity contribution in [1.82, 2.24) is 20.2 Å². The van der Waals surface area contributed by atoms with E-state index < -0.39 is 0 Å². The zero-order chi connectivity index (χ0) is 18.3. The molecule has 0 bridgehead atoms. The van der Waals surface area contributed by atoms with Gasteiger partial charge in [0.25, 0.3) is 5.91 Å². The molecule has 0 aliphatic carbocycles. The van der Waals surface area contributed by atoms with Crippen molar-refractivity contribution in [3.8, 4) is 0 Å². The molecule has 1 N–H and O–H groups in total. The first-order valence-corrected chi connectivity index (χ1v) is 9.51. The zero-order valence-corrected chi connectivity index (χ0v) is 15.7. The summed E-state index contributed by atoms with van der Waals surface area (Å²) in [6.07, 6.45) is 12.5. The maximum absolute atomic E-state index is 12.6. The Morgan fingerprint density at radius 2 is 1.76 bits per heavy atom. The van der Waals surface area contributed by atoms with Crippen molar-refractivity contribution < 1.29 is 9.59 Å². The van der Waals surface area contributed by atoms with Crippen LogP contribution in [0.15, 0.2) is 18.6 Å². The highest BCUT2D eigenvalue weighted by molar-refractivity contribution is 5.92. The van der Waals surface area contributed by atoms with Gasteiger partial charge in [0.15, 0.2) is 0 Å². The average Bonchev–Trinajstić information content (AvgIpc) is 2.64. The summed E-state index contributed by atoms with van der Waals surface area (Å²) >= 11 is 0. The number of nitrogens with one attached hydrogen (secondary N) is 1. The van der Waals surface area contributed by atoms with Crippen LogP contribution >= 0.6 is 0 Å². The summed E-state index contributed by atoms with van der Waals surface area (Å²) in [5.74, 6) is -0.149. The molecule has 1 aromatic heterocycles. The summed E-state index contributed by atoms with van der Waals surface area (Å²) in [7, 11) is 0. The standard InChI is InChI=1S/C19H32N4O2/c1-3-5-7-8-11-22-18(24)10-15-23(14-9-6-4-2)19(25)17-16-20-12-13-21-17/h12-13,16H,3-11,14-15H2,1-2H3,(H,22,24). The van der Waals surface area contributed by atoms with Crippen molar-refractivity contribution in [1.29, 1.82) is 0 Å². The Balaban J connectivity index is 2.45. The Hall–Kier alpha value is -1.98. The molecule has 0 saturated carbocycles. The lowest BCUT2D eigenvalue weighted by atomic mass is 10.2. The smallest absolute Gasteiger partial charge is 0.274 e. The van der Waals surface area contributed by atoms with E-state index in [0.717, 1.165) is 32.1 Å². The first-order chi connectivity index (χ1) is 12.2. The molecule has 0 saturated heterocycles. The molecule has 140 valence electrons. The summed E-state index contributed by atoms with van der Waals surface area (Å²) in [5, 5.41) is 2.94. The van der Waals surface area contributed by atoms with Gasteiger partial charge in [-0.1, -0.05) is 46.0 Å².